The second-order valence-corrected chi connectivity index (χ2v) is 5.91. The molecule has 2 fully saturated rings. The molecule has 0 aromatic carbocycles. The van der Waals surface area contributed by atoms with Crippen LogP contribution in [0, 0.1) is 5.92 Å². The van der Waals surface area contributed by atoms with E-state index >= 15 is 0 Å². The highest BCUT2D eigenvalue weighted by Crippen LogP contribution is 2.21. The molecule has 0 amide bonds. The third-order valence-electron chi connectivity index (χ3n) is 4.58. The fourth-order valence-electron chi connectivity index (χ4n) is 3.31. The van der Waals surface area contributed by atoms with Crippen LogP contribution in [0.15, 0.2) is 0 Å². The first-order valence-corrected chi connectivity index (χ1v) is 6.92. The lowest BCUT2D eigenvalue weighted by molar-refractivity contribution is -0.895. The van der Waals surface area contributed by atoms with E-state index in [2.05, 4.69) is 19.3 Å². The molecule has 1 heterocycles. The van der Waals surface area contributed by atoms with Crippen LogP contribution >= 0.6 is 0 Å². The number of piperidine rings is 1. The topological polar surface area (TPSA) is 21.1 Å². The molecule has 0 aromatic heterocycles. The molecule has 0 bridgehead atoms. The average Bonchev–Trinajstić information content (AvgIpc) is 2.25. The van der Waals surface area contributed by atoms with Crippen LogP contribution in [0.1, 0.15) is 45.4 Å². The summed E-state index contributed by atoms with van der Waals surface area (Å²) in [6.45, 7) is 5.24. The van der Waals surface area contributed by atoms with Gasteiger partial charge in [0.2, 0.25) is 0 Å². The van der Waals surface area contributed by atoms with Crippen LogP contribution in [0.2, 0.25) is 0 Å². The van der Waals surface area contributed by atoms with E-state index in [-0.39, 0.29) is 0 Å². The Morgan fingerprint density at radius 3 is 2.33 bits per heavy atom. The fourth-order valence-corrected chi connectivity index (χ4v) is 3.31. The third-order valence-corrected chi connectivity index (χ3v) is 4.58. The molecule has 2 heteroatoms. The van der Waals surface area contributed by atoms with E-state index in [9.17, 15) is 0 Å². The first-order chi connectivity index (χ1) is 7.25. The molecular formula is C13H28N2+2. The zero-order valence-electron chi connectivity index (χ0n) is 10.5. The minimum Gasteiger partial charge on any atom is -0.341 e. The molecule has 0 unspecified atom stereocenters. The summed E-state index contributed by atoms with van der Waals surface area (Å²) in [5.74, 6) is 0.964. The molecule has 0 aromatic rings. The number of rotatable bonds is 2. The van der Waals surface area contributed by atoms with Crippen LogP contribution in [0.3, 0.4) is 0 Å². The van der Waals surface area contributed by atoms with Gasteiger partial charge in [0.05, 0.1) is 32.2 Å². The smallest absolute Gasteiger partial charge is 0.0969 e. The number of nitrogens with two attached hydrogens (primary N) is 1. The van der Waals surface area contributed by atoms with Gasteiger partial charge in [-0.15, -0.1) is 0 Å². The van der Waals surface area contributed by atoms with Crippen molar-refractivity contribution in [2.75, 3.05) is 20.1 Å². The van der Waals surface area contributed by atoms with E-state index in [0.717, 1.165) is 18.0 Å². The number of hydrogen-bond donors (Lipinski definition) is 2. The first kappa shape index (κ1) is 11.4. The quantitative estimate of drug-likeness (QED) is 0.633. The van der Waals surface area contributed by atoms with Gasteiger partial charge >= 0.3 is 0 Å². The van der Waals surface area contributed by atoms with Crippen molar-refractivity contribution in [2.24, 2.45) is 5.92 Å². The van der Waals surface area contributed by atoms with E-state index in [0.29, 0.717) is 0 Å². The van der Waals surface area contributed by atoms with Crippen molar-refractivity contribution in [3.8, 4) is 0 Å². The lowest BCUT2D eigenvalue weighted by Crippen LogP contribution is -3.12. The zero-order chi connectivity index (χ0) is 10.7. The van der Waals surface area contributed by atoms with Crippen molar-refractivity contribution in [2.45, 2.75) is 57.5 Å². The molecular weight excluding hydrogens is 184 g/mol. The minimum absolute atomic E-state index is 0.944. The summed E-state index contributed by atoms with van der Waals surface area (Å²) in [6, 6.07) is 1.89. The fraction of sp³-hybridized carbons (Fsp3) is 1.00. The Balaban J connectivity index is 1.75. The van der Waals surface area contributed by atoms with Crippen LogP contribution in [0.5, 0.6) is 0 Å². The monoisotopic (exact) mass is 212 g/mol. The predicted octanol–water partition coefficient (Wildman–Crippen LogP) is -0.194. The lowest BCUT2D eigenvalue weighted by atomic mass is 9.85. The Labute approximate surface area is 94.4 Å². The number of quaternary nitrogens is 2. The molecule has 88 valence electrons. The second kappa shape index (κ2) is 5.31. The highest BCUT2D eigenvalue weighted by atomic mass is 15.1. The van der Waals surface area contributed by atoms with Gasteiger partial charge in [-0.1, -0.05) is 13.3 Å². The van der Waals surface area contributed by atoms with E-state index in [4.69, 9.17) is 0 Å². The lowest BCUT2D eigenvalue weighted by Gasteiger charge is -2.32. The molecule has 0 radical (unpaired) electrons. The van der Waals surface area contributed by atoms with Crippen molar-refractivity contribution in [1.82, 2.24) is 0 Å². The molecule has 0 spiro atoms. The molecule has 1 saturated heterocycles. The maximum absolute atomic E-state index is 2.73. The van der Waals surface area contributed by atoms with E-state index in [1.807, 2.05) is 0 Å². The Morgan fingerprint density at radius 2 is 1.67 bits per heavy atom. The van der Waals surface area contributed by atoms with Crippen LogP contribution in [0.25, 0.3) is 0 Å². The van der Waals surface area contributed by atoms with Gasteiger partial charge in [-0.25, -0.2) is 0 Å². The SMILES string of the molecule is C[C@H]1CCCC[C@@H]1[NH2+]C1CC[NH+](C)CC1. The summed E-state index contributed by atoms with van der Waals surface area (Å²) in [6.07, 6.45) is 8.77. The summed E-state index contributed by atoms with van der Waals surface area (Å²) < 4.78 is 0. The summed E-state index contributed by atoms with van der Waals surface area (Å²) in [5.41, 5.74) is 0. The van der Waals surface area contributed by atoms with Crippen molar-refractivity contribution in [3.63, 3.8) is 0 Å². The first-order valence-electron chi connectivity index (χ1n) is 6.92. The maximum Gasteiger partial charge on any atom is 0.0969 e. The van der Waals surface area contributed by atoms with Crippen molar-refractivity contribution < 1.29 is 10.2 Å². The van der Waals surface area contributed by atoms with Crippen molar-refractivity contribution >= 4 is 0 Å². The third kappa shape index (κ3) is 3.18. The molecule has 15 heavy (non-hydrogen) atoms. The molecule has 2 aliphatic rings. The van der Waals surface area contributed by atoms with Gasteiger partial charge in [0.1, 0.15) is 0 Å². The molecule has 1 aliphatic carbocycles. The summed E-state index contributed by atoms with van der Waals surface area (Å²) in [7, 11) is 2.33. The molecule has 3 N–H and O–H groups in total. The maximum atomic E-state index is 2.73. The molecule has 1 saturated carbocycles. The Kier molecular flexibility index (Phi) is 4.04. The number of nitrogens with one attached hydrogen (secondary N) is 1. The predicted molar refractivity (Wildman–Crippen MR) is 63.0 cm³/mol. The van der Waals surface area contributed by atoms with E-state index in [1.165, 1.54) is 51.6 Å². The van der Waals surface area contributed by atoms with Gasteiger partial charge in [0, 0.05) is 18.8 Å². The number of hydrogen-bond acceptors (Lipinski definition) is 0. The highest BCUT2D eigenvalue weighted by Gasteiger charge is 2.29. The van der Waals surface area contributed by atoms with Gasteiger partial charge < -0.3 is 10.2 Å². The zero-order valence-corrected chi connectivity index (χ0v) is 10.5. The standard InChI is InChI=1S/C13H26N2/c1-11-5-3-4-6-13(11)14-12-7-9-15(2)10-8-12/h11-14H,3-10H2,1-2H3/p+2/t11-,13-/m0/s1. The second-order valence-electron chi connectivity index (χ2n) is 5.91. The highest BCUT2D eigenvalue weighted by molar-refractivity contribution is 4.71. The Morgan fingerprint density at radius 1 is 1.00 bits per heavy atom. The summed E-state index contributed by atoms with van der Waals surface area (Å²) >= 11 is 0. The largest absolute Gasteiger partial charge is 0.341 e. The minimum atomic E-state index is 0.944. The van der Waals surface area contributed by atoms with Crippen LogP contribution < -0.4 is 10.2 Å². The van der Waals surface area contributed by atoms with Crippen LogP contribution in [-0.2, 0) is 0 Å². The van der Waals surface area contributed by atoms with Gasteiger partial charge in [-0.05, 0) is 19.3 Å². The average molecular weight is 212 g/mol. The van der Waals surface area contributed by atoms with Crippen molar-refractivity contribution in [1.29, 1.82) is 0 Å². The van der Waals surface area contributed by atoms with Gasteiger partial charge in [-0.3, -0.25) is 0 Å². The van der Waals surface area contributed by atoms with Gasteiger partial charge in [0.25, 0.3) is 0 Å². The summed E-state index contributed by atoms with van der Waals surface area (Å²) in [5, 5.41) is 2.73. The van der Waals surface area contributed by atoms with E-state index in [1.54, 1.807) is 4.90 Å². The molecule has 2 nitrogen and oxygen atoms in total. The van der Waals surface area contributed by atoms with Crippen molar-refractivity contribution in [3.05, 3.63) is 0 Å². The van der Waals surface area contributed by atoms with Gasteiger partial charge in [0.15, 0.2) is 0 Å². The summed E-state index contributed by atoms with van der Waals surface area (Å²) in [4.78, 5) is 1.73. The normalized spacial score (nSPS) is 42.8. The molecule has 2 rings (SSSR count). The number of likely N-dealkylation sites (tertiary alicyclic amines) is 1. The van der Waals surface area contributed by atoms with Crippen LogP contribution in [0.4, 0.5) is 0 Å². The Bertz CT molecular complexity index is 185. The van der Waals surface area contributed by atoms with Gasteiger partial charge in [-0.2, -0.15) is 0 Å². The Hall–Kier alpha value is -0.0800. The molecule has 2 atom stereocenters. The van der Waals surface area contributed by atoms with Crippen LogP contribution in [-0.4, -0.2) is 32.2 Å². The van der Waals surface area contributed by atoms with E-state index < -0.39 is 0 Å². The molecule has 1 aliphatic heterocycles.